The van der Waals surface area contributed by atoms with Gasteiger partial charge in [-0.15, -0.1) is 0 Å². The number of para-hydroxylation sites is 1. The number of fused-ring (bicyclic) bond motifs is 1. The van der Waals surface area contributed by atoms with Gasteiger partial charge in [-0.3, -0.25) is 9.38 Å². The minimum atomic E-state index is -0.448. The van der Waals surface area contributed by atoms with Gasteiger partial charge in [0.25, 0.3) is 0 Å². The van der Waals surface area contributed by atoms with Crippen molar-refractivity contribution < 1.29 is 19.4 Å². The average molecular weight is 390 g/mol. The van der Waals surface area contributed by atoms with Gasteiger partial charge in [-0.2, -0.15) is 0 Å². The van der Waals surface area contributed by atoms with E-state index in [1.165, 1.54) is 14.2 Å². The first-order valence-electron chi connectivity index (χ1n) is 8.76. The first kappa shape index (κ1) is 18.3. The van der Waals surface area contributed by atoms with Gasteiger partial charge in [-0.1, -0.05) is 12.1 Å². The van der Waals surface area contributed by atoms with Gasteiger partial charge in [-0.05, 0) is 30.3 Å². The minimum absolute atomic E-state index is 0.0345. The van der Waals surface area contributed by atoms with Gasteiger partial charge in [-0.25, -0.2) is 9.78 Å². The van der Waals surface area contributed by atoms with E-state index in [4.69, 9.17) is 9.47 Å². The lowest BCUT2D eigenvalue weighted by molar-refractivity contribution is 0.0602. The Labute approximate surface area is 166 Å². The summed E-state index contributed by atoms with van der Waals surface area (Å²) in [5, 5.41) is 13.2. The predicted molar refractivity (Wildman–Crippen MR) is 108 cm³/mol. The summed E-state index contributed by atoms with van der Waals surface area (Å²) in [6.07, 6.45) is 5.05. The van der Waals surface area contributed by atoms with Crippen molar-refractivity contribution in [3.05, 3.63) is 66.6 Å². The summed E-state index contributed by atoms with van der Waals surface area (Å²) in [7, 11) is 2.82. The Morgan fingerprint density at radius 3 is 2.79 bits per heavy atom. The van der Waals surface area contributed by atoms with Crippen molar-refractivity contribution in [3.63, 3.8) is 0 Å². The molecule has 8 nitrogen and oxygen atoms in total. The largest absolute Gasteiger partial charge is 0.504 e. The molecule has 0 saturated carbocycles. The van der Waals surface area contributed by atoms with Gasteiger partial charge in [0.05, 0.1) is 31.7 Å². The van der Waals surface area contributed by atoms with Gasteiger partial charge < -0.3 is 19.9 Å². The predicted octanol–water partition coefficient (Wildman–Crippen LogP) is 3.64. The molecule has 4 rings (SSSR count). The smallest absolute Gasteiger partial charge is 0.339 e. The number of hydrogen-bond donors (Lipinski definition) is 2. The highest BCUT2D eigenvalue weighted by Crippen LogP contribution is 2.36. The summed E-state index contributed by atoms with van der Waals surface area (Å²) in [5.41, 5.74) is 2.92. The molecule has 2 aromatic heterocycles. The highest BCUT2D eigenvalue weighted by Gasteiger charge is 2.19. The Morgan fingerprint density at radius 1 is 1.17 bits per heavy atom. The molecule has 0 bridgehead atoms. The van der Waals surface area contributed by atoms with Gasteiger partial charge >= 0.3 is 5.97 Å². The Bertz CT molecular complexity index is 1200. The molecule has 0 fully saturated rings. The number of nitrogens with one attached hydrogen (secondary N) is 1. The second kappa shape index (κ2) is 7.51. The summed E-state index contributed by atoms with van der Waals surface area (Å²) in [6, 6.07) is 12.0. The van der Waals surface area contributed by atoms with Gasteiger partial charge in [0.2, 0.25) is 0 Å². The van der Waals surface area contributed by atoms with E-state index in [1.54, 1.807) is 55.0 Å². The van der Waals surface area contributed by atoms with Crippen LogP contribution in [-0.4, -0.2) is 39.7 Å². The number of aromatic nitrogens is 3. The SMILES string of the molecule is COC(=O)c1ccccc1Nc1c(-c2ccc(O)c(OC)c2)nc2cnccn12. The highest BCUT2D eigenvalue weighted by atomic mass is 16.5. The monoisotopic (exact) mass is 390 g/mol. The van der Waals surface area contributed by atoms with E-state index in [0.29, 0.717) is 34.2 Å². The molecule has 0 saturated heterocycles. The van der Waals surface area contributed by atoms with Crippen LogP contribution in [0.25, 0.3) is 16.9 Å². The number of hydrogen-bond acceptors (Lipinski definition) is 7. The van der Waals surface area contributed by atoms with Crippen molar-refractivity contribution in [2.45, 2.75) is 0 Å². The van der Waals surface area contributed by atoms with Crippen LogP contribution in [-0.2, 0) is 4.74 Å². The summed E-state index contributed by atoms with van der Waals surface area (Å²) in [6.45, 7) is 0. The number of aromatic hydroxyl groups is 1. The molecule has 0 amide bonds. The van der Waals surface area contributed by atoms with Crippen LogP contribution in [0.2, 0.25) is 0 Å². The van der Waals surface area contributed by atoms with Gasteiger partial charge in [0.15, 0.2) is 17.1 Å². The molecule has 146 valence electrons. The van der Waals surface area contributed by atoms with Crippen LogP contribution in [0.4, 0.5) is 11.5 Å². The zero-order valence-corrected chi connectivity index (χ0v) is 15.8. The maximum atomic E-state index is 12.2. The van der Waals surface area contributed by atoms with Crippen LogP contribution in [0, 0.1) is 0 Å². The number of benzene rings is 2. The molecule has 4 aromatic rings. The highest BCUT2D eigenvalue weighted by molar-refractivity contribution is 5.97. The molecule has 0 spiro atoms. The molecule has 29 heavy (non-hydrogen) atoms. The fourth-order valence-corrected chi connectivity index (χ4v) is 3.06. The van der Waals surface area contributed by atoms with Crippen LogP contribution in [0.15, 0.2) is 61.1 Å². The lowest BCUT2D eigenvalue weighted by atomic mass is 10.1. The molecular weight excluding hydrogens is 372 g/mol. The number of esters is 1. The first-order valence-corrected chi connectivity index (χ1v) is 8.76. The van der Waals surface area contributed by atoms with Crippen molar-refractivity contribution >= 4 is 23.1 Å². The number of methoxy groups -OCH3 is 2. The maximum absolute atomic E-state index is 12.2. The fourth-order valence-electron chi connectivity index (χ4n) is 3.06. The number of phenols is 1. The number of ether oxygens (including phenoxy) is 2. The maximum Gasteiger partial charge on any atom is 0.339 e. The van der Waals surface area contributed by atoms with E-state index in [9.17, 15) is 9.90 Å². The van der Waals surface area contributed by atoms with E-state index < -0.39 is 5.97 Å². The number of anilines is 2. The standard InChI is InChI=1S/C21H18N4O4/c1-28-17-11-13(7-8-16(17)26)19-20(25-10-9-22-12-18(25)24-19)23-15-6-4-3-5-14(15)21(27)29-2/h3-12,23,26H,1-2H3. The lowest BCUT2D eigenvalue weighted by Gasteiger charge is -2.12. The second-order valence-corrected chi connectivity index (χ2v) is 6.16. The Balaban J connectivity index is 1.89. The number of carbonyl (C=O) groups excluding carboxylic acids is 1. The van der Waals surface area contributed by atoms with Crippen LogP contribution in [0.3, 0.4) is 0 Å². The van der Waals surface area contributed by atoms with Gasteiger partial charge in [0.1, 0.15) is 11.5 Å². The van der Waals surface area contributed by atoms with Crippen LogP contribution in [0.5, 0.6) is 11.5 Å². The third kappa shape index (κ3) is 3.31. The van der Waals surface area contributed by atoms with E-state index in [1.807, 2.05) is 10.5 Å². The van der Waals surface area contributed by atoms with E-state index >= 15 is 0 Å². The Hall–Kier alpha value is -4.07. The quantitative estimate of drug-likeness (QED) is 0.502. The van der Waals surface area contributed by atoms with Crippen molar-refractivity contribution in [3.8, 4) is 22.8 Å². The number of carbonyl (C=O) groups is 1. The molecule has 2 aromatic carbocycles. The molecule has 2 heterocycles. The van der Waals surface area contributed by atoms with Crippen LogP contribution >= 0.6 is 0 Å². The third-order valence-corrected chi connectivity index (χ3v) is 4.47. The van der Waals surface area contributed by atoms with Crippen molar-refractivity contribution in [2.75, 3.05) is 19.5 Å². The summed E-state index contributed by atoms with van der Waals surface area (Å²) < 4.78 is 11.9. The van der Waals surface area contributed by atoms with E-state index in [-0.39, 0.29) is 5.75 Å². The fraction of sp³-hybridized carbons (Fsp3) is 0.0952. The van der Waals surface area contributed by atoms with Crippen molar-refractivity contribution in [1.29, 1.82) is 0 Å². The molecule has 0 atom stereocenters. The number of imidazole rings is 1. The molecule has 0 unspecified atom stereocenters. The molecular formula is C21H18N4O4. The molecule has 2 N–H and O–H groups in total. The first-order chi connectivity index (χ1) is 14.1. The third-order valence-electron chi connectivity index (χ3n) is 4.47. The second-order valence-electron chi connectivity index (χ2n) is 6.16. The number of rotatable bonds is 5. The van der Waals surface area contributed by atoms with Crippen molar-refractivity contribution in [2.24, 2.45) is 0 Å². The Morgan fingerprint density at radius 2 is 2.00 bits per heavy atom. The van der Waals surface area contributed by atoms with Crippen LogP contribution < -0.4 is 10.1 Å². The lowest BCUT2D eigenvalue weighted by Crippen LogP contribution is -2.06. The van der Waals surface area contributed by atoms with E-state index in [0.717, 1.165) is 5.56 Å². The molecule has 0 aliphatic carbocycles. The number of nitrogens with zero attached hydrogens (tertiary/aromatic N) is 3. The Kier molecular flexibility index (Phi) is 4.74. The molecule has 0 aliphatic heterocycles. The topological polar surface area (TPSA) is 98.0 Å². The summed E-state index contributed by atoms with van der Waals surface area (Å²) in [5.74, 6) is 0.550. The van der Waals surface area contributed by atoms with Gasteiger partial charge in [0, 0.05) is 18.0 Å². The molecule has 0 radical (unpaired) electrons. The average Bonchev–Trinajstić information content (AvgIpc) is 3.12. The van der Waals surface area contributed by atoms with Crippen LogP contribution in [0.1, 0.15) is 10.4 Å². The summed E-state index contributed by atoms with van der Waals surface area (Å²) in [4.78, 5) is 21.0. The zero-order valence-electron chi connectivity index (χ0n) is 15.8. The normalized spacial score (nSPS) is 10.7. The molecule has 8 heteroatoms. The zero-order chi connectivity index (χ0) is 20.4. The number of phenolic OH excluding ortho intramolecular Hbond substituents is 1. The van der Waals surface area contributed by atoms with Crippen molar-refractivity contribution in [1.82, 2.24) is 14.4 Å². The summed E-state index contributed by atoms with van der Waals surface area (Å²) >= 11 is 0. The molecule has 0 aliphatic rings. The van der Waals surface area contributed by atoms with E-state index in [2.05, 4.69) is 15.3 Å². The minimum Gasteiger partial charge on any atom is -0.504 e.